The van der Waals surface area contributed by atoms with Crippen molar-refractivity contribution < 1.29 is 14.3 Å². The number of hydrogen-bond acceptors (Lipinski definition) is 4. The summed E-state index contributed by atoms with van der Waals surface area (Å²) in [4.78, 5) is 24.7. The van der Waals surface area contributed by atoms with Crippen LogP contribution in [0.5, 0.6) is 0 Å². The zero-order valence-corrected chi connectivity index (χ0v) is 15.5. The average Bonchev–Trinajstić information content (AvgIpc) is 2.60. The van der Waals surface area contributed by atoms with Crippen LogP contribution in [0.2, 0.25) is 0 Å². The van der Waals surface area contributed by atoms with Gasteiger partial charge in [-0.1, -0.05) is 46.3 Å². The number of carbonyl (C=O) groups excluding carboxylic acids is 2. The van der Waals surface area contributed by atoms with Gasteiger partial charge in [0, 0.05) is 15.7 Å². The van der Waals surface area contributed by atoms with Crippen molar-refractivity contribution in [3.8, 4) is 0 Å². The minimum Gasteiger partial charge on any atom is -0.441 e. The van der Waals surface area contributed by atoms with Gasteiger partial charge in [-0.05, 0) is 43.7 Å². The molecule has 5 nitrogen and oxygen atoms in total. The molecule has 0 aliphatic heterocycles. The maximum atomic E-state index is 12.6. The normalized spacial score (nSPS) is 12.8. The van der Waals surface area contributed by atoms with E-state index in [1.54, 1.807) is 38.1 Å². The molecular weight excluding hydrogens is 384 g/mol. The lowest BCUT2D eigenvalue weighted by Gasteiger charge is -2.16. The van der Waals surface area contributed by atoms with E-state index in [1.807, 2.05) is 30.3 Å². The van der Waals surface area contributed by atoms with Gasteiger partial charge in [-0.15, -0.1) is 0 Å². The summed E-state index contributed by atoms with van der Waals surface area (Å²) in [7, 11) is 0. The van der Waals surface area contributed by atoms with Crippen LogP contribution in [0.1, 0.15) is 35.9 Å². The molecule has 0 aliphatic carbocycles. The number of halogens is 1. The largest absolute Gasteiger partial charge is 0.441 e. The van der Waals surface area contributed by atoms with Crippen LogP contribution in [0.4, 0.5) is 4.79 Å². The highest BCUT2D eigenvalue weighted by Crippen LogP contribution is 2.17. The van der Waals surface area contributed by atoms with Crippen LogP contribution < -0.4 is 11.1 Å². The molecule has 2 rings (SSSR count). The van der Waals surface area contributed by atoms with Gasteiger partial charge in [0.1, 0.15) is 11.8 Å². The van der Waals surface area contributed by atoms with Crippen molar-refractivity contribution in [1.29, 1.82) is 0 Å². The Hall–Kier alpha value is -2.60. The molecule has 1 amide bonds. The molecular formula is C19H19BrN2O3. The summed E-state index contributed by atoms with van der Waals surface area (Å²) in [5, 5.41) is 2.46. The standard InChI is InChI=1S/C19H19BrN2O3/c1-12(21)17(18(23)15-8-10-16(20)11-9-15)22-19(24)25-13(2)14-6-4-3-5-7-14/h3-11,13H,21H2,1-2H3,(H,22,24)/t13-/m1/s1. The first-order chi connectivity index (χ1) is 11.9. The minimum atomic E-state index is -0.735. The lowest BCUT2D eigenvalue weighted by Crippen LogP contribution is -2.31. The quantitative estimate of drug-likeness (QED) is 0.576. The maximum absolute atomic E-state index is 12.6. The molecule has 1 atom stereocenters. The second kappa shape index (κ2) is 8.48. The second-order valence-electron chi connectivity index (χ2n) is 5.48. The van der Waals surface area contributed by atoms with Crippen LogP contribution in [-0.2, 0) is 4.74 Å². The number of Topliss-reactive ketones (excluding diaryl/α,β-unsaturated/α-hetero) is 1. The summed E-state index contributed by atoms with van der Waals surface area (Å²) in [6.45, 7) is 3.30. The monoisotopic (exact) mass is 402 g/mol. The van der Waals surface area contributed by atoms with Crippen LogP contribution in [0.25, 0.3) is 0 Å². The summed E-state index contributed by atoms with van der Waals surface area (Å²) < 4.78 is 6.17. The van der Waals surface area contributed by atoms with Crippen molar-refractivity contribution in [2.75, 3.05) is 0 Å². The number of allylic oxidation sites excluding steroid dienone is 2. The van der Waals surface area contributed by atoms with Crippen molar-refractivity contribution in [3.63, 3.8) is 0 Å². The van der Waals surface area contributed by atoms with E-state index in [2.05, 4.69) is 21.2 Å². The zero-order valence-electron chi connectivity index (χ0n) is 14.0. The number of ketones is 1. The van der Waals surface area contributed by atoms with Crippen LogP contribution >= 0.6 is 15.9 Å². The zero-order chi connectivity index (χ0) is 18.4. The lowest BCUT2D eigenvalue weighted by molar-refractivity contribution is 0.0975. The third kappa shape index (κ3) is 5.19. The fourth-order valence-electron chi connectivity index (χ4n) is 2.16. The molecule has 0 spiro atoms. The van der Waals surface area contributed by atoms with E-state index in [4.69, 9.17) is 10.5 Å². The average molecular weight is 403 g/mol. The van der Waals surface area contributed by atoms with E-state index in [-0.39, 0.29) is 17.2 Å². The van der Waals surface area contributed by atoms with Crippen molar-refractivity contribution in [1.82, 2.24) is 5.32 Å². The number of amides is 1. The van der Waals surface area contributed by atoms with Gasteiger partial charge in [0.15, 0.2) is 0 Å². The maximum Gasteiger partial charge on any atom is 0.412 e. The van der Waals surface area contributed by atoms with Crippen molar-refractivity contribution in [3.05, 3.63) is 81.6 Å². The SMILES string of the molecule is CC(N)=C(NC(=O)O[C@H](C)c1ccccc1)C(=O)c1ccc(Br)cc1. The summed E-state index contributed by atoms with van der Waals surface area (Å²) in [6, 6.07) is 16.1. The van der Waals surface area contributed by atoms with Gasteiger partial charge in [-0.3, -0.25) is 10.1 Å². The molecule has 0 heterocycles. The first-order valence-electron chi connectivity index (χ1n) is 7.67. The molecule has 25 heavy (non-hydrogen) atoms. The Balaban J connectivity index is 2.09. The number of nitrogens with one attached hydrogen (secondary N) is 1. The molecule has 0 radical (unpaired) electrons. The summed E-state index contributed by atoms with van der Waals surface area (Å²) in [5.74, 6) is -0.378. The first-order valence-corrected chi connectivity index (χ1v) is 8.47. The molecule has 3 N–H and O–H groups in total. The highest BCUT2D eigenvalue weighted by atomic mass is 79.9. The van der Waals surface area contributed by atoms with Crippen molar-refractivity contribution >= 4 is 27.8 Å². The Kier molecular flexibility index (Phi) is 6.36. The van der Waals surface area contributed by atoms with Gasteiger partial charge in [0.25, 0.3) is 0 Å². The van der Waals surface area contributed by atoms with Gasteiger partial charge in [0.2, 0.25) is 5.78 Å². The third-order valence-corrected chi connectivity index (χ3v) is 4.04. The topological polar surface area (TPSA) is 81.4 Å². The predicted molar refractivity (Wildman–Crippen MR) is 99.8 cm³/mol. The molecule has 0 unspecified atom stereocenters. The van der Waals surface area contributed by atoms with E-state index in [0.717, 1.165) is 10.0 Å². The predicted octanol–water partition coefficient (Wildman–Crippen LogP) is 4.31. The number of hydrogen-bond donors (Lipinski definition) is 2. The Morgan fingerprint density at radius 2 is 1.68 bits per heavy atom. The summed E-state index contributed by atoms with van der Waals surface area (Å²) >= 11 is 3.31. The molecule has 6 heteroatoms. The van der Waals surface area contributed by atoms with E-state index in [0.29, 0.717) is 5.56 Å². The Morgan fingerprint density at radius 3 is 2.24 bits per heavy atom. The van der Waals surface area contributed by atoms with Crippen LogP contribution in [0.15, 0.2) is 70.5 Å². The van der Waals surface area contributed by atoms with Gasteiger partial charge in [0.05, 0.1) is 0 Å². The fourth-order valence-corrected chi connectivity index (χ4v) is 2.43. The number of nitrogens with two attached hydrogens (primary N) is 1. The summed E-state index contributed by atoms with van der Waals surface area (Å²) in [6.07, 6.45) is -1.19. The van der Waals surface area contributed by atoms with Crippen LogP contribution in [0.3, 0.4) is 0 Å². The molecule has 0 fully saturated rings. The van der Waals surface area contributed by atoms with E-state index in [1.165, 1.54) is 0 Å². The number of alkyl carbamates (subject to hydrolysis) is 1. The molecule has 130 valence electrons. The Bertz CT molecular complexity index is 782. The second-order valence-corrected chi connectivity index (χ2v) is 6.39. The highest BCUT2D eigenvalue weighted by Gasteiger charge is 2.19. The lowest BCUT2D eigenvalue weighted by atomic mass is 10.1. The third-order valence-electron chi connectivity index (χ3n) is 3.51. The van der Waals surface area contributed by atoms with E-state index < -0.39 is 12.2 Å². The Morgan fingerprint density at radius 1 is 1.08 bits per heavy atom. The van der Waals surface area contributed by atoms with Crippen LogP contribution in [0, 0.1) is 0 Å². The van der Waals surface area contributed by atoms with Gasteiger partial charge in [-0.2, -0.15) is 0 Å². The number of rotatable bonds is 5. The van der Waals surface area contributed by atoms with Crippen molar-refractivity contribution in [2.24, 2.45) is 5.73 Å². The molecule has 2 aromatic carbocycles. The van der Waals surface area contributed by atoms with Gasteiger partial charge in [-0.25, -0.2) is 4.79 Å². The number of ether oxygens (including phenoxy) is 1. The van der Waals surface area contributed by atoms with Gasteiger partial charge < -0.3 is 10.5 Å². The van der Waals surface area contributed by atoms with E-state index >= 15 is 0 Å². The highest BCUT2D eigenvalue weighted by molar-refractivity contribution is 9.10. The van der Waals surface area contributed by atoms with Gasteiger partial charge >= 0.3 is 6.09 Å². The number of benzene rings is 2. The molecule has 2 aromatic rings. The van der Waals surface area contributed by atoms with E-state index in [9.17, 15) is 9.59 Å². The van der Waals surface area contributed by atoms with Crippen molar-refractivity contribution in [2.45, 2.75) is 20.0 Å². The molecule has 0 saturated heterocycles. The Labute approximate surface area is 155 Å². The smallest absolute Gasteiger partial charge is 0.412 e. The molecule has 0 aromatic heterocycles. The first kappa shape index (κ1) is 18.7. The minimum absolute atomic E-state index is 0.00702. The molecule has 0 bridgehead atoms. The summed E-state index contributed by atoms with van der Waals surface area (Å²) in [5.41, 5.74) is 7.26. The van der Waals surface area contributed by atoms with Crippen LogP contribution in [-0.4, -0.2) is 11.9 Å². The number of carbonyl (C=O) groups is 2. The molecule has 0 aliphatic rings. The molecule has 0 saturated carbocycles. The fraction of sp³-hybridized carbons (Fsp3) is 0.158.